The van der Waals surface area contributed by atoms with Gasteiger partial charge in [-0.15, -0.1) is 11.3 Å². The number of rotatable bonds is 9. The molecule has 44 heavy (non-hydrogen) atoms. The maximum atomic E-state index is 12.4. The molecular weight excluding hydrogens is 621 g/mol. The van der Waals surface area contributed by atoms with E-state index in [9.17, 15) is 26.4 Å². The minimum absolute atomic E-state index is 0.128. The first-order valence-corrected chi connectivity index (χ1v) is 16.8. The minimum atomic E-state index is -5.08. The van der Waals surface area contributed by atoms with E-state index in [0.29, 0.717) is 24.8 Å². The zero-order valence-electron chi connectivity index (χ0n) is 24.5. The number of carboxylic acid groups (broad SMARTS) is 1. The fraction of sp³-hybridized carbons (Fsp3) is 0.517. The van der Waals surface area contributed by atoms with Crippen molar-refractivity contribution in [2.45, 2.75) is 57.3 Å². The molecule has 242 valence electrons. The third-order valence-corrected chi connectivity index (χ3v) is 10.7. The Morgan fingerprint density at radius 2 is 1.86 bits per heavy atom. The van der Waals surface area contributed by atoms with Gasteiger partial charge < -0.3 is 20.6 Å². The molecule has 3 aromatic rings. The number of piperidine rings is 1. The summed E-state index contributed by atoms with van der Waals surface area (Å²) >= 11 is 1.72. The van der Waals surface area contributed by atoms with Gasteiger partial charge in [-0.3, -0.25) is 9.69 Å². The van der Waals surface area contributed by atoms with Crippen molar-refractivity contribution < 1.29 is 41.0 Å². The number of hydrogen-bond donors (Lipinski definition) is 3. The highest BCUT2D eigenvalue weighted by atomic mass is 32.2. The van der Waals surface area contributed by atoms with E-state index in [0.717, 1.165) is 73.0 Å². The quantitative estimate of drug-likeness (QED) is 0.300. The summed E-state index contributed by atoms with van der Waals surface area (Å²) in [5.74, 6) is -2.87. The number of likely N-dealkylation sites (N-methyl/N-ethyl adjacent to an activating group) is 1. The lowest BCUT2D eigenvalue weighted by Crippen LogP contribution is -2.38. The molecule has 1 atom stereocenters. The normalized spacial score (nSPS) is 18.5. The monoisotopic (exact) mass is 658 g/mol. The van der Waals surface area contributed by atoms with Gasteiger partial charge in [0.1, 0.15) is 0 Å². The molecule has 15 heteroatoms. The molecule has 4 N–H and O–H groups in total. The number of benzene rings is 1. The van der Waals surface area contributed by atoms with Crippen LogP contribution in [0.2, 0.25) is 0 Å². The number of amides is 1. The Balaban J connectivity index is 0.000000566. The van der Waals surface area contributed by atoms with E-state index >= 15 is 0 Å². The number of fused-ring (bicyclic) bond motifs is 1. The van der Waals surface area contributed by atoms with Crippen molar-refractivity contribution >= 4 is 44.1 Å². The number of alkyl halides is 3. The Bertz CT molecular complexity index is 1570. The topological polar surface area (TPSA) is 146 Å². The molecule has 0 radical (unpaired) electrons. The summed E-state index contributed by atoms with van der Waals surface area (Å²) in [6.07, 6.45) is 0.983. The van der Waals surface area contributed by atoms with Crippen LogP contribution in [0.5, 0.6) is 0 Å². The van der Waals surface area contributed by atoms with Gasteiger partial charge in [0.05, 0.1) is 22.9 Å². The summed E-state index contributed by atoms with van der Waals surface area (Å²) in [6, 6.07) is 6.22. The summed E-state index contributed by atoms with van der Waals surface area (Å²) in [5, 5.41) is 10.3. The van der Waals surface area contributed by atoms with Crippen LogP contribution in [0.3, 0.4) is 0 Å². The van der Waals surface area contributed by atoms with Crippen LogP contribution in [0.25, 0.3) is 22.0 Å². The maximum Gasteiger partial charge on any atom is 0.490 e. The van der Waals surface area contributed by atoms with E-state index in [1.807, 2.05) is 12.3 Å². The number of H-pyrrole nitrogens is 1. The lowest BCUT2D eigenvalue weighted by molar-refractivity contribution is -0.192. The van der Waals surface area contributed by atoms with Gasteiger partial charge in [-0.2, -0.15) is 13.2 Å². The van der Waals surface area contributed by atoms with Crippen LogP contribution in [-0.4, -0.2) is 90.9 Å². The summed E-state index contributed by atoms with van der Waals surface area (Å²) in [5.41, 5.74) is 10.2. The van der Waals surface area contributed by atoms with Crippen molar-refractivity contribution in [3.63, 3.8) is 0 Å². The number of primary amides is 1. The van der Waals surface area contributed by atoms with Crippen LogP contribution < -0.4 is 5.73 Å². The third kappa shape index (κ3) is 8.18. The molecule has 2 saturated heterocycles. The van der Waals surface area contributed by atoms with E-state index in [1.165, 1.54) is 4.88 Å². The molecule has 2 fully saturated rings. The zero-order valence-corrected chi connectivity index (χ0v) is 26.2. The van der Waals surface area contributed by atoms with Crippen molar-refractivity contribution in [3.05, 3.63) is 45.8 Å². The predicted octanol–water partition coefficient (Wildman–Crippen LogP) is 4.77. The number of halogens is 3. The van der Waals surface area contributed by atoms with Crippen molar-refractivity contribution in [3.8, 4) is 11.1 Å². The van der Waals surface area contributed by atoms with E-state index in [2.05, 4.69) is 34.4 Å². The molecule has 1 unspecified atom stereocenters. The van der Waals surface area contributed by atoms with Crippen LogP contribution >= 0.6 is 11.3 Å². The number of hydrogen-bond acceptors (Lipinski definition) is 7. The Morgan fingerprint density at radius 3 is 2.43 bits per heavy atom. The van der Waals surface area contributed by atoms with Gasteiger partial charge in [-0.25, -0.2) is 17.5 Å². The molecule has 4 heterocycles. The SMILES string of the molecule is CCS(=O)(=O)N1CCC(c2c[nH]c3c(C(N)=O)cc(-c4csc(CN(C)CC5CCCO5)c4)cc23)CC1.O=C(O)C(F)(F)F. The van der Waals surface area contributed by atoms with Crippen molar-refractivity contribution in [2.24, 2.45) is 5.73 Å². The molecular formula is C29H37F3N4O6S2. The fourth-order valence-corrected chi connectivity index (χ4v) is 7.77. The highest BCUT2D eigenvalue weighted by Crippen LogP contribution is 2.38. The van der Waals surface area contributed by atoms with E-state index in [-0.39, 0.29) is 11.7 Å². The number of nitrogens with one attached hydrogen (secondary N) is 1. The minimum Gasteiger partial charge on any atom is -0.475 e. The van der Waals surface area contributed by atoms with Gasteiger partial charge in [-0.1, -0.05) is 0 Å². The van der Waals surface area contributed by atoms with E-state index in [4.69, 9.17) is 20.4 Å². The number of carbonyl (C=O) groups is 2. The molecule has 10 nitrogen and oxygen atoms in total. The number of nitrogens with two attached hydrogens (primary N) is 1. The number of aliphatic carboxylic acids is 1. The second-order valence-corrected chi connectivity index (χ2v) is 14.3. The second-order valence-electron chi connectivity index (χ2n) is 11.1. The smallest absolute Gasteiger partial charge is 0.475 e. The largest absolute Gasteiger partial charge is 0.490 e. The lowest BCUT2D eigenvalue weighted by atomic mass is 9.88. The number of carbonyl (C=O) groups excluding carboxylic acids is 1. The summed E-state index contributed by atoms with van der Waals surface area (Å²) in [6.45, 7) is 5.36. The Hall–Kier alpha value is -2.98. The molecule has 1 amide bonds. The maximum absolute atomic E-state index is 12.4. The molecule has 5 rings (SSSR count). The number of sulfonamides is 1. The molecule has 0 bridgehead atoms. The predicted molar refractivity (Wildman–Crippen MR) is 162 cm³/mol. The van der Waals surface area contributed by atoms with Gasteiger partial charge in [0.15, 0.2) is 0 Å². The number of aromatic amines is 1. The first kappa shape index (κ1) is 33.9. The second kappa shape index (κ2) is 14.0. The summed E-state index contributed by atoms with van der Waals surface area (Å²) in [4.78, 5) is 28.1. The van der Waals surface area contributed by atoms with Gasteiger partial charge in [-0.05, 0) is 85.8 Å². The Morgan fingerprint density at radius 1 is 1.18 bits per heavy atom. The van der Waals surface area contributed by atoms with Crippen molar-refractivity contribution in [1.29, 1.82) is 0 Å². The highest BCUT2D eigenvalue weighted by Gasteiger charge is 2.38. The summed E-state index contributed by atoms with van der Waals surface area (Å²) in [7, 11) is -1.05. The summed E-state index contributed by atoms with van der Waals surface area (Å²) < 4.78 is 63.7. The van der Waals surface area contributed by atoms with E-state index < -0.39 is 28.1 Å². The van der Waals surface area contributed by atoms with Gasteiger partial charge in [0.2, 0.25) is 10.0 Å². The molecule has 0 aliphatic carbocycles. The van der Waals surface area contributed by atoms with E-state index in [1.54, 1.807) is 22.6 Å². The van der Waals surface area contributed by atoms with Crippen molar-refractivity contribution in [1.82, 2.24) is 14.2 Å². The van der Waals surface area contributed by atoms with Crippen LogP contribution in [0, 0.1) is 0 Å². The first-order valence-electron chi connectivity index (χ1n) is 14.3. The average molecular weight is 659 g/mol. The highest BCUT2D eigenvalue weighted by molar-refractivity contribution is 7.89. The van der Waals surface area contributed by atoms with Crippen LogP contribution in [-0.2, 0) is 26.1 Å². The molecule has 0 saturated carbocycles. The molecule has 2 aliphatic rings. The number of nitrogens with zero attached hydrogens (tertiary/aromatic N) is 2. The number of aromatic nitrogens is 1. The fourth-order valence-electron chi connectivity index (χ4n) is 5.66. The van der Waals surface area contributed by atoms with Crippen LogP contribution in [0.4, 0.5) is 13.2 Å². The molecule has 0 spiro atoms. The van der Waals surface area contributed by atoms with Crippen LogP contribution in [0.15, 0.2) is 29.8 Å². The molecule has 1 aromatic carbocycles. The average Bonchev–Trinajstić information content (AvgIpc) is 3.74. The lowest BCUT2D eigenvalue weighted by Gasteiger charge is -2.31. The van der Waals surface area contributed by atoms with Gasteiger partial charge in [0, 0.05) is 49.2 Å². The van der Waals surface area contributed by atoms with Gasteiger partial charge in [0.25, 0.3) is 5.91 Å². The Kier molecular flexibility index (Phi) is 10.8. The first-order chi connectivity index (χ1) is 20.7. The number of carboxylic acids is 1. The number of thiophene rings is 1. The number of ether oxygens (including phenoxy) is 1. The zero-order chi connectivity index (χ0) is 32.2. The molecule has 2 aromatic heterocycles. The van der Waals surface area contributed by atoms with Crippen molar-refractivity contribution in [2.75, 3.05) is 39.0 Å². The standard InChI is InChI=1S/C27H36N4O4S2.C2HF3O2/c1-3-37(33,34)31-8-6-18(7-9-31)25-14-29-26-23(25)12-19(13-24(26)27(28)32)20-11-22(36-17-20)16-30(2)15-21-5-4-10-35-21;3-2(4,5)1(6)7/h11-14,17-18,21,29H,3-10,15-16H2,1-2H3,(H2,28,32);(H,6,7). The van der Waals surface area contributed by atoms with Crippen LogP contribution in [0.1, 0.15) is 59.3 Å². The third-order valence-electron chi connectivity index (χ3n) is 7.93. The van der Waals surface area contributed by atoms with Gasteiger partial charge >= 0.3 is 12.1 Å². The Labute approximate surface area is 258 Å². The molecule has 2 aliphatic heterocycles.